The van der Waals surface area contributed by atoms with Crippen molar-refractivity contribution >= 4 is 22.8 Å². The second-order valence-corrected chi connectivity index (χ2v) is 8.67. The smallest absolute Gasteiger partial charge is 0.388 e. The van der Waals surface area contributed by atoms with E-state index in [0.29, 0.717) is 6.07 Å². The summed E-state index contributed by atoms with van der Waals surface area (Å²) in [6.07, 6.45) is -7.11. The fourth-order valence-corrected chi connectivity index (χ4v) is 4.15. The molecule has 198 valence electrons. The molecule has 0 saturated carbocycles. The normalized spacial score (nSPS) is 19.2. The molecule has 2 N–H and O–H groups in total. The molecule has 0 bridgehead atoms. The average molecular weight is 528 g/mol. The molecule has 1 amide bonds. The fraction of sp³-hybridized carbons (Fsp3) is 0.375. The van der Waals surface area contributed by atoms with Gasteiger partial charge in [0.2, 0.25) is 5.43 Å². The summed E-state index contributed by atoms with van der Waals surface area (Å²) in [7, 11) is 0. The zero-order valence-corrected chi connectivity index (χ0v) is 19.4. The minimum atomic E-state index is -4.77. The number of aliphatic hydroxyl groups excluding tert-OH is 1. The summed E-state index contributed by atoms with van der Waals surface area (Å²) in [6.45, 7) is 1.28. The molecule has 3 atom stereocenters. The van der Waals surface area contributed by atoms with Crippen LogP contribution in [0.4, 0.5) is 32.2 Å². The predicted molar refractivity (Wildman–Crippen MR) is 123 cm³/mol. The Labute approximate surface area is 206 Å². The van der Waals surface area contributed by atoms with Crippen LogP contribution >= 0.6 is 0 Å². The fourth-order valence-electron chi connectivity index (χ4n) is 4.15. The van der Waals surface area contributed by atoms with Gasteiger partial charge in [-0.1, -0.05) is 6.92 Å². The molecule has 1 fully saturated rings. The monoisotopic (exact) mass is 528 g/mol. The summed E-state index contributed by atoms with van der Waals surface area (Å²) in [5.41, 5.74) is -2.16. The molecule has 7 nitrogen and oxygen atoms in total. The number of carbonyl (C=O) groups is 1. The van der Waals surface area contributed by atoms with Gasteiger partial charge in [0.05, 0.1) is 11.1 Å². The standard InChI is InChI=1S/C24H22F6N4O3/c1-2-19(24(28,29)30)31-23(37)14-10-34(17-5-3-12(25)9-16(17)27)22-13(21(14)36)4-6-20(32-22)33-8-7-15(26)18(35)11-33/h3-6,9-10,15,18-19,35H,2,7-8,11H2,1H3,(H,31,37)/t15-,18?,19-/m1/s1. The van der Waals surface area contributed by atoms with Crippen molar-refractivity contribution in [3.63, 3.8) is 0 Å². The van der Waals surface area contributed by atoms with E-state index in [9.17, 15) is 41.0 Å². The van der Waals surface area contributed by atoms with Crippen LogP contribution in [0.1, 0.15) is 30.1 Å². The second-order valence-electron chi connectivity index (χ2n) is 8.67. The van der Waals surface area contributed by atoms with Gasteiger partial charge in [0.1, 0.15) is 41.3 Å². The molecule has 0 radical (unpaired) electrons. The molecule has 1 saturated heterocycles. The predicted octanol–water partition coefficient (Wildman–Crippen LogP) is 3.64. The minimum absolute atomic E-state index is 0.0111. The number of nitrogens with zero attached hydrogens (tertiary/aromatic N) is 3. The van der Waals surface area contributed by atoms with Gasteiger partial charge in [-0.05, 0) is 37.1 Å². The molecule has 0 spiro atoms. The van der Waals surface area contributed by atoms with Gasteiger partial charge in [0, 0.05) is 25.4 Å². The van der Waals surface area contributed by atoms with Crippen molar-refractivity contribution in [2.24, 2.45) is 0 Å². The number of aliphatic hydroxyl groups is 1. The van der Waals surface area contributed by atoms with Crippen LogP contribution in [0.3, 0.4) is 0 Å². The lowest BCUT2D eigenvalue weighted by molar-refractivity contribution is -0.153. The van der Waals surface area contributed by atoms with Crippen molar-refractivity contribution in [2.45, 2.75) is 44.3 Å². The van der Waals surface area contributed by atoms with E-state index >= 15 is 0 Å². The highest BCUT2D eigenvalue weighted by Crippen LogP contribution is 2.26. The molecular formula is C24H22F6N4O3. The van der Waals surface area contributed by atoms with Gasteiger partial charge in [0.15, 0.2) is 5.65 Å². The quantitative estimate of drug-likeness (QED) is 0.494. The van der Waals surface area contributed by atoms with Crippen LogP contribution in [0, 0.1) is 11.6 Å². The summed E-state index contributed by atoms with van der Waals surface area (Å²) in [4.78, 5) is 31.8. The van der Waals surface area contributed by atoms with Gasteiger partial charge < -0.3 is 15.3 Å². The molecule has 1 aliphatic heterocycles. The topological polar surface area (TPSA) is 87.5 Å². The highest BCUT2D eigenvalue weighted by Gasteiger charge is 2.40. The highest BCUT2D eigenvalue weighted by molar-refractivity contribution is 5.97. The minimum Gasteiger partial charge on any atom is -0.388 e. The zero-order chi connectivity index (χ0) is 27.1. The first-order chi connectivity index (χ1) is 17.4. The third-order valence-electron chi connectivity index (χ3n) is 6.18. The first-order valence-electron chi connectivity index (χ1n) is 11.4. The second kappa shape index (κ2) is 10.0. The largest absolute Gasteiger partial charge is 0.408 e. The van der Waals surface area contributed by atoms with E-state index in [1.165, 1.54) is 19.1 Å². The molecule has 2 aromatic heterocycles. The Kier molecular flexibility index (Phi) is 7.18. The van der Waals surface area contributed by atoms with Crippen LogP contribution in [-0.2, 0) is 0 Å². The number of rotatable bonds is 5. The van der Waals surface area contributed by atoms with E-state index < -0.39 is 59.4 Å². The van der Waals surface area contributed by atoms with Crippen molar-refractivity contribution in [1.29, 1.82) is 0 Å². The molecule has 4 rings (SSSR count). The van der Waals surface area contributed by atoms with Crippen LogP contribution < -0.4 is 15.6 Å². The lowest BCUT2D eigenvalue weighted by atomic mass is 10.1. The maximum absolute atomic E-state index is 14.8. The van der Waals surface area contributed by atoms with Crippen molar-refractivity contribution in [3.8, 4) is 5.69 Å². The summed E-state index contributed by atoms with van der Waals surface area (Å²) < 4.78 is 82.7. The molecule has 1 unspecified atom stereocenters. The van der Waals surface area contributed by atoms with E-state index in [2.05, 4.69) is 4.98 Å². The molecular weight excluding hydrogens is 506 g/mol. The number of piperidine rings is 1. The summed E-state index contributed by atoms with van der Waals surface area (Å²) in [5, 5.41) is 11.5. The number of halogens is 6. The van der Waals surface area contributed by atoms with Gasteiger partial charge in [0.25, 0.3) is 5.91 Å². The van der Waals surface area contributed by atoms with Gasteiger partial charge >= 0.3 is 6.18 Å². The number of β-amino-alcohol motifs (C(OH)–C–C–N with tert-alkyl or cyclic N) is 1. The summed E-state index contributed by atoms with van der Waals surface area (Å²) in [5.74, 6) is -3.12. The van der Waals surface area contributed by atoms with E-state index in [0.717, 1.165) is 22.9 Å². The van der Waals surface area contributed by atoms with Crippen LogP contribution in [-0.4, -0.2) is 58.1 Å². The number of fused-ring (bicyclic) bond motifs is 1. The average Bonchev–Trinajstić information content (AvgIpc) is 2.84. The lowest BCUT2D eigenvalue weighted by Gasteiger charge is -2.33. The third kappa shape index (κ3) is 5.26. The number of hydrogen-bond acceptors (Lipinski definition) is 5. The van der Waals surface area contributed by atoms with Crippen molar-refractivity contribution in [1.82, 2.24) is 14.9 Å². The van der Waals surface area contributed by atoms with E-state index in [4.69, 9.17) is 0 Å². The number of hydrogen-bond donors (Lipinski definition) is 2. The van der Waals surface area contributed by atoms with Crippen LogP contribution in [0.25, 0.3) is 16.7 Å². The Balaban J connectivity index is 1.88. The molecule has 13 heteroatoms. The first-order valence-corrected chi connectivity index (χ1v) is 11.4. The molecule has 1 aliphatic rings. The van der Waals surface area contributed by atoms with Gasteiger partial charge in [-0.2, -0.15) is 13.2 Å². The van der Waals surface area contributed by atoms with Crippen LogP contribution in [0.5, 0.6) is 0 Å². The Morgan fingerprint density at radius 3 is 2.59 bits per heavy atom. The third-order valence-corrected chi connectivity index (χ3v) is 6.18. The number of carbonyl (C=O) groups excluding carboxylic acids is 1. The zero-order valence-electron chi connectivity index (χ0n) is 19.4. The highest BCUT2D eigenvalue weighted by atomic mass is 19.4. The van der Waals surface area contributed by atoms with Gasteiger partial charge in [-0.25, -0.2) is 18.2 Å². The maximum Gasteiger partial charge on any atom is 0.408 e. The van der Waals surface area contributed by atoms with Crippen molar-refractivity contribution < 1.29 is 36.2 Å². The van der Waals surface area contributed by atoms with Crippen molar-refractivity contribution in [2.75, 3.05) is 18.0 Å². The van der Waals surface area contributed by atoms with Crippen molar-refractivity contribution in [3.05, 3.63) is 63.9 Å². The number of nitrogens with one attached hydrogen (secondary N) is 1. The molecule has 3 heterocycles. The number of aromatic nitrogens is 2. The van der Waals surface area contributed by atoms with Gasteiger partial charge in [-0.3, -0.25) is 14.2 Å². The first kappa shape index (κ1) is 26.5. The van der Waals surface area contributed by atoms with E-state index in [-0.39, 0.29) is 42.0 Å². The number of amides is 1. The van der Waals surface area contributed by atoms with Crippen LogP contribution in [0.2, 0.25) is 0 Å². The lowest BCUT2D eigenvalue weighted by Crippen LogP contribution is -2.46. The Morgan fingerprint density at radius 2 is 1.97 bits per heavy atom. The maximum atomic E-state index is 14.8. The number of pyridine rings is 2. The molecule has 3 aromatic rings. The Hall–Kier alpha value is -3.61. The molecule has 0 aliphatic carbocycles. The van der Waals surface area contributed by atoms with Gasteiger partial charge in [-0.15, -0.1) is 0 Å². The summed E-state index contributed by atoms with van der Waals surface area (Å²) in [6, 6.07) is 2.90. The Morgan fingerprint density at radius 1 is 1.24 bits per heavy atom. The SMILES string of the molecule is CC[C@@H](NC(=O)c1cn(-c2ccc(F)cc2F)c2nc(N3CC[C@@H](F)C(O)C3)ccc2c1=O)C(F)(F)F. The number of benzene rings is 1. The van der Waals surface area contributed by atoms with E-state index in [1.807, 2.05) is 0 Å². The summed E-state index contributed by atoms with van der Waals surface area (Å²) >= 11 is 0. The van der Waals surface area contributed by atoms with E-state index in [1.54, 1.807) is 10.2 Å². The number of anilines is 1. The molecule has 1 aromatic carbocycles. The van der Waals surface area contributed by atoms with Crippen LogP contribution in [0.15, 0.2) is 41.3 Å². The Bertz CT molecular complexity index is 1390. The number of alkyl halides is 4. The molecule has 37 heavy (non-hydrogen) atoms.